The van der Waals surface area contributed by atoms with Gasteiger partial charge in [0.05, 0.1) is 10.7 Å². The van der Waals surface area contributed by atoms with E-state index < -0.39 is 0 Å². The standard InChI is InChI=1S/C21H20N2OS/c1-13-3-10-18(11-14(13)2)22-20(24)16-6-4-15(5-7-16)19-12-25-21(23-19)17-8-9-17/h3-7,10-12,17H,8-9H2,1-2H3,(H,22,24). The van der Waals surface area contributed by atoms with Crippen LogP contribution in [0.3, 0.4) is 0 Å². The van der Waals surface area contributed by atoms with Gasteiger partial charge in [0.25, 0.3) is 5.91 Å². The van der Waals surface area contributed by atoms with Crippen LogP contribution < -0.4 is 5.32 Å². The zero-order chi connectivity index (χ0) is 17.4. The third-order valence-corrected chi connectivity index (χ3v) is 5.66. The minimum Gasteiger partial charge on any atom is -0.322 e. The average molecular weight is 348 g/mol. The van der Waals surface area contributed by atoms with E-state index in [1.807, 2.05) is 49.4 Å². The summed E-state index contributed by atoms with van der Waals surface area (Å²) < 4.78 is 0. The van der Waals surface area contributed by atoms with Crippen molar-refractivity contribution in [2.24, 2.45) is 0 Å². The van der Waals surface area contributed by atoms with E-state index in [4.69, 9.17) is 4.98 Å². The van der Waals surface area contributed by atoms with Crippen molar-refractivity contribution in [3.05, 3.63) is 69.5 Å². The van der Waals surface area contributed by atoms with Crippen LogP contribution in [0.25, 0.3) is 11.3 Å². The van der Waals surface area contributed by atoms with Gasteiger partial charge in [0.1, 0.15) is 0 Å². The SMILES string of the molecule is Cc1ccc(NC(=O)c2ccc(-c3csc(C4CC4)n3)cc2)cc1C. The molecule has 0 spiro atoms. The van der Waals surface area contributed by atoms with Gasteiger partial charge in [0, 0.05) is 28.1 Å². The number of benzene rings is 2. The molecule has 1 N–H and O–H groups in total. The number of aromatic nitrogens is 1. The number of aryl methyl sites for hydroxylation is 2. The molecule has 0 aliphatic heterocycles. The molecule has 4 rings (SSSR count). The summed E-state index contributed by atoms with van der Waals surface area (Å²) in [5.74, 6) is 0.591. The second kappa shape index (κ2) is 6.45. The zero-order valence-corrected chi connectivity index (χ0v) is 15.2. The molecule has 3 aromatic rings. The molecule has 0 atom stereocenters. The molecule has 4 heteroatoms. The van der Waals surface area contributed by atoms with Gasteiger partial charge in [0.2, 0.25) is 0 Å². The lowest BCUT2D eigenvalue weighted by Crippen LogP contribution is -2.11. The number of amides is 1. The topological polar surface area (TPSA) is 42.0 Å². The lowest BCUT2D eigenvalue weighted by atomic mass is 10.1. The first-order chi connectivity index (χ1) is 12.1. The third kappa shape index (κ3) is 3.49. The highest BCUT2D eigenvalue weighted by atomic mass is 32.1. The molecule has 0 bridgehead atoms. The van der Waals surface area contributed by atoms with Crippen LogP contribution in [-0.4, -0.2) is 10.9 Å². The Morgan fingerprint density at radius 1 is 1.08 bits per heavy atom. The summed E-state index contributed by atoms with van der Waals surface area (Å²) in [5.41, 5.74) is 5.93. The van der Waals surface area contributed by atoms with Crippen LogP contribution in [0, 0.1) is 13.8 Å². The Kier molecular flexibility index (Phi) is 4.14. The summed E-state index contributed by atoms with van der Waals surface area (Å²) in [6.45, 7) is 4.11. The smallest absolute Gasteiger partial charge is 0.255 e. The molecule has 1 aromatic heterocycles. The number of nitrogens with zero attached hydrogens (tertiary/aromatic N) is 1. The van der Waals surface area contributed by atoms with Crippen molar-refractivity contribution in [3.63, 3.8) is 0 Å². The number of carbonyl (C=O) groups excluding carboxylic acids is 1. The molecular weight excluding hydrogens is 328 g/mol. The molecule has 0 unspecified atom stereocenters. The number of nitrogens with one attached hydrogen (secondary N) is 1. The zero-order valence-electron chi connectivity index (χ0n) is 14.4. The monoisotopic (exact) mass is 348 g/mol. The molecule has 3 nitrogen and oxygen atoms in total. The number of hydrogen-bond acceptors (Lipinski definition) is 3. The van der Waals surface area contributed by atoms with E-state index >= 15 is 0 Å². The highest BCUT2D eigenvalue weighted by Gasteiger charge is 2.26. The van der Waals surface area contributed by atoms with Crippen LogP contribution in [0.5, 0.6) is 0 Å². The Labute approximate surface area is 151 Å². The van der Waals surface area contributed by atoms with Gasteiger partial charge < -0.3 is 5.32 Å². The maximum absolute atomic E-state index is 12.4. The van der Waals surface area contributed by atoms with E-state index in [-0.39, 0.29) is 5.91 Å². The van der Waals surface area contributed by atoms with Crippen molar-refractivity contribution in [2.45, 2.75) is 32.6 Å². The number of thiazole rings is 1. The fourth-order valence-electron chi connectivity index (χ4n) is 2.75. The van der Waals surface area contributed by atoms with Crippen molar-refractivity contribution >= 4 is 22.9 Å². The van der Waals surface area contributed by atoms with Crippen LogP contribution >= 0.6 is 11.3 Å². The van der Waals surface area contributed by atoms with E-state index in [0.29, 0.717) is 11.5 Å². The Balaban J connectivity index is 1.48. The minimum absolute atomic E-state index is 0.0910. The van der Waals surface area contributed by atoms with Gasteiger partial charge in [0.15, 0.2) is 0 Å². The predicted molar refractivity (Wildman–Crippen MR) is 103 cm³/mol. The summed E-state index contributed by atoms with van der Waals surface area (Å²) >= 11 is 1.74. The Hall–Kier alpha value is -2.46. The molecule has 2 aromatic carbocycles. The predicted octanol–water partition coefficient (Wildman–Crippen LogP) is 5.56. The van der Waals surface area contributed by atoms with Gasteiger partial charge >= 0.3 is 0 Å². The molecule has 0 radical (unpaired) electrons. The first-order valence-electron chi connectivity index (χ1n) is 8.54. The van der Waals surface area contributed by atoms with Crippen molar-refractivity contribution in [2.75, 3.05) is 5.32 Å². The van der Waals surface area contributed by atoms with Gasteiger partial charge in [-0.05, 0) is 62.1 Å². The normalized spacial score (nSPS) is 13.7. The molecule has 1 aliphatic carbocycles. The second-order valence-corrected chi connectivity index (χ2v) is 7.57. The molecular formula is C21H20N2OS. The van der Waals surface area contributed by atoms with Gasteiger partial charge in [-0.1, -0.05) is 18.2 Å². The lowest BCUT2D eigenvalue weighted by molar-refractivity contribution is 0.102. The molecule has 1 heterocycles. The van der Waals surface area contributed by atoms with E-state index in [9.17, 15) is 4.79 Å². The highest BCUT2D eigenvalue weighted by Crippen LogP contribution is 2.42. The molecule has 126 valence electrons. The van der Waals surface area contributed by atoms with Gasteiger partial charge in [-0.25, -0.2) is 4.98 Å². The first kappa shape index (κ1) is 16.0. The summed E-state index contributed by atoms with van der Waals surface area (Å²) in [6, 6.07) is 13.6. The van der Waals surface area contributed by atoms with Crippen LogP contribution in [0.4, 0.5) is 5.69 Å². The summed E-state index contributed by atoms with van der Waals surface area (Å²) in [4.78, 5) is 17.2. The van der Waals surface area contributed by atoms with Gasteiger partial charge in [-0.2, -0.15) is 0 Å². The average Bonchev–Trinajstić information content (AvgIpc) is 3.35. The highest BCUT2D eigenvalue weighted by molar-refractivity contribution is 7.10. The van der Waals surface area contributed by atoms with Crippen molar-refractivity contribution < 1.29 is 4.79 Å². The Morgan fingerprint density at radius 3 is 2.52 bits per heavy atom. The van der Waals surface area contributed by atoms with Gasteiger partial charge in [-0.3, -0.25) is 4.79 Å². The minimum atomic E-state index is -0.0910. The van der Waals surface area contributed by atoms with Gasteiger partial charge in [-0.15, -0.1) is 11.3 Å². The molecule has 0 saturated heterocycles. The molecule has 1 amide bonds. The first-order valence-corrected chi connectivity index (χ1v) is 9.42. The van der Waals surface area contributed by atoms with E-state index in [0.717, 1.165) is 16.9 Å². The summed E-state index contributed by atoms with van der Waals surface area (Å²) in [6.07, 6.45) is 2.54. The number of hydrogen-bond donors (Lipinski definition) is 1. The lowest BCUT2D eigenvalue weighted by Gasteiger charge is -2.08. The number of carbonyl (C=O) groups is 1. The van der Waals surface area contributed by atoms with Crippen LogP contribution in [0.15, 0.2) is 47.8 Å². The van der Waals surface area contributed by atoms with Crippen molar-refractivity contribution in [3.8, 4) is 11.3 Å². The number of anilines is 1. The van der Waals surface area contributed by atoms with E-state index in [1.54, 1.807) is 11.3 Å². The third-order valence-electron chi connectivity index (χ3n) is 4.66. The van der Waals surface area contributed by atoms with Crippen LogP contribution in [0.2, 0.25) is 0 Å². The molecule has 25 heavy (non-hydrogen) atoms. The Morgan fingerprint density at radius 2 is 1.84 bits per heavy atom. The second-order valence-electron chi connectivity index (χ2n) is 6.68. The largest absolute Gasteiger partial charge is 0.322 e. The van der Waals surface area contributed by atoms with Crippen molar-refractivity contribution in [1.29, 1.82) is 0 Å². The summed E-state index contributed by atoms with van der Waals surface area (Å²) in [7, 11) is 0. The van der Waals surface area contributed by atoms with E-state index in [1.165, 1.54) is 29.0 Å². The number of rotatable bonds is 4. The van der Waals surface area contributed by atoms with Crippen molar-refractivity contribution in [1.82, 2.24) is 4.98 Å². The quantitative estimate of drug-likeness (QED) is 0.671. The van der Waals surface area contributed by atoms with E-state index in [2.05, 4.69) is 17.6 Å². The summed E-state index contributed by atoms with van der Waals surface area (Å²) in [5, 5.41) is 6.31. The maximum Gasteiger partial charge on any atom is 0.255 e. The van der Waals surface area contributed by atoms with Crippen LogP contribution in [0.1, 0.15) is 45.3 Å². The fourth-order valence-corrected chi connectivity index (χ4v) is 3.75. The molecule has 1 aliphatic rings. The molecule has 1 fully saturated rings. The Bertz CT molecular complexity index is 923. The van der Waals surface area contributed by atoms with Crippen LogP contribution in [-0.2, 0) is 0 Å². The maximum atomic E-state index is 12.4. The fraction of sp³-hybridized carbons (Fsp3) is 0.238. The molecule has 1 saturated carbocycles.